The minimum absolute atomic E-state index is 0.197. The van der Waals surface area contributed by atoms with Crippen molar-refractivity contribution in [2.75, 3.05) is 6.61 Å². The van der Waals surface area contributed by atoms with Gasteiger partial charge in [-0.05, 0) is 53.9 Å². The van der Waals surface area contributed by atoms with Gasteiger partial charge in [0.15, 0.2) is 0 Å². The Labute approximate surface area is 175 Å². The number of nitrogens with zero attached hydrogens (tertiary/aromatic N) is 2. The number of hydrogen-bond donors (Lipinski definition) is 2. The third kappa shape index (κ3) is 5.96. The van der Waals surface area contributed by atoms with E-state index in [2.05, 4.69) is 20.6 Å². The molecule has 0 saturated heterocycles. The lowest BCUT2D eigenvalue weighted by Gasteiger charge is -2.20. The Hall–Kier alpha value is -3.58. The van der Waals surface area contributed by atoms with Crippen LogP contribution >= 0.6 is 0 Å². The van der Waals surface area contributed by atoms with Crippen LogP contribution in [-0.4, -0.2) is 28.5 Å². The third-order valence-corrected chi connectivity index (χ3v) is 4.44. The van der Waals surface area contributed by atoms with E-state index in [-0.39, 0.29) is 12.5 Å². The summed E-state index contributed by atoms with van der Waals surface area (Å²) in [6, 6.07) is 13.7. The summed E-state index contributed by atoms with van der Waals surface area (Å²) in [4.78, 5) is 33.2. The van der Waals surface area contributed by atoms with Gasteiger partial charge in [0.2, 0.25) is 5.91 Å². The van der Waals surface area contributed by atoms with Crippen molar-refractivity contribution in [3.05, 3.63) is 95.6 Å². The minimum atomic E-state index is -0.651. The molecule has 1 aromatic carbocycles. The van der Waals surface area contributed by atoms with Crippen molar-refractivity contribution in [2.45, 2.75) is 26.1 Å². The highest BCUT2D eigenvalue weighted by Gasteiger charge is 2.21. The van der Waals surface area contributed by atoms with Crippen molar-refractivity contribution in [3.63, 3.8) is 0 Å². The average Bonchev–Trinajstić information content (AvgIpc) is 2.79. The number of benzene rings is 1. The van der Waals surface area contributed by atoms with Crippen molar-refractivity contribution in [3.8, 4) is 0 Å². The number of rotatable bonds is 9. The fourth-order valence-corrected chi connectivity index (χ4v) is 2.94. The molecule has 7 heteroatoms. The summed E-state index contributed by atoms with van der Waals surface area (Å²) in [6.07, 6.45) is 6.81. The second-order valence-electron chi connectivity index (χ2n) is 6.59. The predicted molar refractivity (Wildman–Crippen MR) is 112 cm³/mol. The largest absolute Gasteiger partial charge is 0.462 e. The molecule has 1 atom stereocenters. The van der Waals surface area contributed by atoms with E-state index in [0.717, 1.165) is 11.1 Å². The molecule has 0 saturated carbocycles. The first-order chi connectivity index (χ1) is 14.7. The maximum Gasteiger partial charge on any atom is 0.338 e. The molecule has 3 rings (SSSR count). The molecule has 7 nitrogen and oxygen atoms in total. The highest BCUT2D eigenvalue weighted by atomic mass is 16.5. The van der Waals surface area contributed by atoms with Gasteiger partial charge >= 0.3 is 5.97 Å². The first kappa shape index (κ1) is 21.1. The molecule has 1 amide bonds. The summed E-state index contributed by atoms with van der Waals surface area (Å²) in [5.41, 5.74) is 2.98. The number of carbonyl (C=O) groups is 2. The topological polar surface area (TPSA) is 93.2 Å². The number of pyridine rings is 2. The Morgan fingerprint density at radius 3 is 2.53 bits per heavy atom. The number of nitrogens with one attached hydrogen (secondary N) is 2. The van der Waals surface area contributed by atoms with Crippen LogP contribution in [0, 0.1) is 0 Å². The zero-order chi connectivity index (χ0) is 21.2. The summed E-state index contributed by atoms with van der Waals surface area (Å²) in [5.74, 6) is -0.612. The molecule has 2 N–H and O–H groups in total. The summed E-state index contributed by atoms with van der Waals surface area (Å²) in [5, 5.41) is 6.22. The van der Waals surface area contributed by atoms with E-state index >= 15 is 0 Å². The van der Waals surface area contributed by atoms with E-state index in [9.17, 15) is 9.59 Å². The summed E-state index contributed by atoms with van der Waals surface area (Å²) in [6.45, 7) is 2.87. The van der Waals surface area contributed by atoms with Gasteiger partial charge in [-0.2, -0.15) is 0 Å². The Kier molecular flexibility index (Phi) is 7.63. The molecule has 0 aliphatic carbocycles. The van der Waals surface area contributed by atoms with Gasteiger partial charge in [0.25, 0.3) is 0 Å². The fourth-order valence-electron chi connectivity index (χ4n) is 2.94. The molecule has 0 bridgehead atoms. The van der Waals surface area contributed by atoms with Gasteiger partial charge in [-0.25, -0.2) is 4.79 Å². The van der Waals surface area contributed by atoms with Crippen LogP contribution in [-0.2, 0) is 22.6 Å². The third-order valence-electron chi connectivity index (χ3n) is 4.44. The van der Waals surface area contributed by atoms with Gasteiger partial charge < -0.3 is 10.1 Å². The predicted octanol–water partition coefficient (Wildman–Crippen LogP) is 2.80. The highest BCUT2D eigenvalue weighted by molar-refractivity contribution is 5.90. The molecule has 1 unspecified atom stereocenters. The van der Waals surface area contributed by atoms with Gasteiger partial charge in [0, 0.05) is 37.9 Å². The molecule has 3 aromatic rings. The molecular formula is C23H24N4O3. The van der Waals surface area contributed by atoms with E-state index in [1.807, 2.05) is 30.3 Å². The molecule has 2 aromatic heterocycles. The van der Waals surface area contributed by atoms with Crippen molar-refractivity contribution < 1.29 is 14.3 Å². The van der Waals surface area contributed by atoms with Gasteiger partial charge in [-0.3, -0.25) is 20.1 Å². The van der Waals surface area contributed by atoms with Crippen LogP contribution in [0.3, 0.4) is 0 Å². The summed E-state index contributed by atoms with van der Waals surface area (Å²) < 4.78 is 5.08. The summed E-state index contributed by atoms with van der Waals surface area (Å²) in [7, 11) is 0. The Morgan fingerprint density at radius 2 is 1.80 bits per heavy atom. The number of ether oxygens (including phenoxy) is 1. The lowest BCUT2D eigenvalue weighted by molar-refractivity contribution is -0.123. The van der Waals surface area contributed by atoms with E-state index in [1.165, 1.54) is 0 Å². The van der Waals surface area contributed by atoms with E-state index in [1.54, 1.807) is 49.9 Å². The van der Waals surface area contributed by atoms with Crippen molar-refractivity contribution >= 4 is 11.9 Å². The molecule has 30 heavy (non-hydrogen) atoms. The lowest BCUT2D eigenvalue weighted by atomic mass is 10.0. The zero-order valence-corrected chi connectivity index (χ0v) is 16.7. The summed E-state index contributed by atoms with van der Waals surface area (Å²) >= 11 is 0. The number of hydrogen-bond acceptors (Lipinski definition) is 6. The molecular weight excluding hydrogens is 380 g/mol. The maximum absolute atomic E-state index is 13.0. The number of amides is 1. The van der Waals surface area contributed by atoms with Gasteiger partial charge in [-0.1, -0.05) is 18.2 Å². The Balaban J connectivity index is 1.78. The van der Waals surface area contributed by atoms with Gasteiger partial charge in [0.05, 0.1) is 12.2 Å². The molecule has 0 spiro atoms. The monoisotopic (exact) mass is 404 g/mol. The first-order valence-corrected chi connectivity index (χ1v) is 9.73. The second-order valence-corrected chi connectivity index (χ2v) is 6.59. The Bertz CT molecular complexity index is 964. The first-order valence-electron chi connectivity index (χ1n) is 9.73. The molecule has 0 aliphatic rings. The number of aromatic nitrogens is 2. The van der Waals surface area contributed by atoms with Crippen LogP contribution in [0.5, 0.6) is 0 Å². The maximum atomic E-state index is 13.0. The van der Waals surface area contributed by atoms with Crippen molar-refractivity contribution in [1.29, 1.82) is 0 Å². The van der Waals surface area contributed by atoms with Crippen LogP contribution < -0.4 is 10.6 Å². The second kappa shape index (κ2) is 10.8. The minimum Gasteiger partial charge on any atom is -0.462 e. The number of esters is 1. The van der Waals surface area contributed by atoms with Crippen LogP contribution in [0.4, 0.5) is 0 Å². The highest BCUT2D eigenvalue weighted by Crippen LogP contribution is 2.17. The molecule has 0 radical (unpaired) electrons. The van der Waals surface area contributed by atoms with Crippen molar-refractivity contribution in [1.82, 2.24) is 20.6 Å². The molecule has 154 valence electrons. The SMILES string of the molecule is CCOC(=O)c1cccc(C(NCc2cccnc2)C(=O)NCc2ccncc2)c1. The van der Waals surface area contributed by atoms with Crippen LogP contribution in [0.25, 0.3) is 0 Å². The quantitative estimate of drug-likeness (QED) is 0.533. The van der Waals surface area contributed by atoms with Gasteiger partial charge in [-0.15, -0.1) is 0 Å². The van der Waals surface area contributed by atoms with Crippen molar-refractivity contribution in [2.24, 2.45) is 0 Å². The molecule has 0 aliphatic heterocycles. The molecule has 0 fully saturated rings. The lowest BCUT2D eigenvalue weighted by Crippen LogP contribution is -2.37. The number of carbonyl (C=O) groups excluding carboxylic acids is 2. The van der Waals surface area contributed by atoms with Crippen LogP contribution in [0.1, 0.15) is 40.0 Å². The standard InChI is InChI=1S/C23H24N4O3/c1-2-30-23(29)20-7-3-6-19(13-20)21(26-16-18-5-4-10-25-14-18)22(28)27-15-17-8-11-24-12-9-17/h3-14,21,26H,2,15-16H2,1H3,(H,27,28). The van der Waals surface area contributed by atoms with Crippen LogP contribution in [0.15, 0.2) is 73.3 Å². The normalized spacial score (nSPS) is 11.5. The van der Waals surface area contributed by atoms with Crippen LogP contribution in [0.2, 0.25) is 0 Å². The fraction of sp³-hybridized carbons (Fsp3) is 0.217. The van der Waals surface area contributed by atoms with E-state index in [0.29, 0.717) is 24.2 Å². The van der Waals surface area contributed by atoms with E-state index < -0.39 is 12.0 Å². The average molecular weight is 404 g/mol. The smallest absolute Gasteiger partial charge is 0.338 e. The van der Waals surface area contributed by atoms with E-state index in [4.69, 9.17) is 4.74 Å². The Morgan fingerprint density at radius 1 is 0.967 bits per heavy atom. The zero-order valence-electron chi connectivity index (χ0n) is 16.7. The molecule has 2 heterocycles. The van der Waals surface area contributed by atoms with Gasteiger partial charge in [0.1, 0.15) is 6.04 Å².